The second kappa shape index (κ2) is 5.81. The summed E-state index contributed by atoms with van der Waals surface area (Å²) < 4.78 is 5.12. The number of carbonyl (C=O) groups excluding carboxylic acids is 1. The number of aliphatic hydroxyl groups is 1. The number of nitrogens with zero attached hydrogens (tertiary/aromatic N) is 2. The summed E-state index contributed by atoms with van der Waals surface area (Å²) in [4.78, 5) is 16.6. The van der Waals surface area contributed by atoms with Crippen molar-refractivity contribution in [1.82, 2.24) is 15.5 Å². The number of amides is 1. The molecule has 2 rings (SSSR count). The van der Waals surface area contributed by atoms with Crippen LogP contribution in [0.15, 0.2) is 10.6 Å². The third kappa shape index (κ3) is 3.05. The molecule has 0 bridgehead atoms. The summed E-state index contributed by atoms with van der Waals surface area (Å²) in [5, 5.41) is 17.5. The second-order valence-electron chi connectivity index (χ2n) is 5.37. The van der Waals surface area contributed by atoms with Gasteiger partial charge >= 0.3 is 0 Å². The van der Waals surface area contributed by atoms with Crippen LogP contribution in [-0.2, 0) is 0 Å². The largest absolute Gasteiger partial charge is 0.388 e. The quantitative estimate of drug-likeness (QED) is 0.881. The standard InChI is InChI=1S/C15H21N3O3/c1-5-15(20,6-2)8-16-13(19)11-7-9(3)17-14-12(11)10(4)18-21-14/h7,20H,5-6,8H2,1-4H3,(H,16,19). The van der Waals surface area contributed by atoms with Gasteiger partial charge in [0.05, 0.1) is 22.2 Å². The molecule has 6 nitrogen and oxygen atoms in total. The van der Waals surface area contributed by atoms with E-state index in [0.29, 0.717) is 40.9 Å². The Morgan fingerprint density at radius 2 is 2.05 bits per heavy atom. The fourth-order valence-electron chi connectivity index (χ4n) is 2.24. The topological polar surface area (TPSA) is 88.2 Å². The summed E-state index contributed by atoms with van der Waals surface area (Å²) in [7, 11) is 0. The molecule has 2 aromatic rings. The number of aryl methyl sites for hydroxylation is 2. The van der Waals surface area contributed by atoms with Gasteiger partial charge in [-0.1, -0.05) is 19.0 Å². The number of pyridine rings is 1. The van der Waals surface area contributed by atoms with Crippen LogP contribution in [0.4, 0.5) is 0 Å². The number of aromatic nitrogens is 2. The van der Waals surface area contributed by atoms with Gasteiger partial charge in [0.15, 0.2) is 0 Å². The fraction of sp³-hybridized carbons (Fsp3) is 0.533. The van der Waals surface area contributed by atoms with Gasteiger partial charge in [-0.3, -0.25) is 4.79 Å². The molecule has 21 heavy (non-hydrogen) atoms. The summed E-state index contributed by atoms with van der Waals surface area (Å²) in [6.45, 7) is 7.58. The number of nitrogens with one attached hydrogen (secondary N) is 1. The zero-order chi connectivity index (χ0) is 15.6. The molecule has 0 unspecified atom stereocenters. The van der Waals surface area contributed by atoms with Crippen molar-refractivity contribution in [3.05, 3.63) is 23.0 Å². The highest BCUT2D eigenvalue weighted by Crippen LogP contribution is 2.22. The lowest BCUT2D eigenvalue weighted by atomic mass is 9.97. The van der Waals surface area contributed by atoms with Gasteiger partial charge in [-0.05, 0) is 32.8 Å². The summed E-state index contributed by atoms with van der Waals surface area (Å²) in [5.41, 5.74) is 1.28. The number of carbonyl (C=O) groups is 1. The number of rotatable bonds is 5. The van der Waals surface area contributed by atoms with E-state index in [1.807, 2.05) is 13.8 Å². The predicted octanol–water partition coefficient (Wildman–Crippen LogP) is 2.12. The van der Waals surface area contributed by atoms with Crippen LogP contribution in [0.2, 0.25) is 0 Å². The smallest absolute Gasteiger partial charge is 0.258 e. The Hall–Kier alpha value is -1.95. The van der Waals surface area contributed by atoms with Crippen molar-refractivity contribution in [2.45, 2.75) is 46.1 Å². The molecule has 0 saturated carbocycles. The Bertz CT molecular complexity index is 659. The van der Waals surface area contributed by atoms with Gasteiger partial charge in [-0.25, -0.2) is 4.98 Å². The van der Waals surface area contributed by atoms with E-state index < -0.39 is 5.60 Å². The minimum absolute atomic E-state index is 0.214. The molecule has 2 N–H and O–H groups in total. The maximum Gasteiger partial charge on any atom is 0.258 e. The zero-order valence-electron chi connectivity index (χ0n) is 12.9. The summed E-state index contributed by atoms with van der Waals surface area (Å²) in [6, 6.07) is 1.71. The van der Waals surface area contributed by atoms with Gasteiger partial charge in [-0.2, -0.15) is 0 Å². The molecule has 0 aromatic carbocycles. The van der Waals surface area contributed by atoms with Gasteiger partial charge in [0.2, 0.25) is 0 Å². The Labute approximate surface area is 123 Å². The van der Waals surface area contributed by atoms with Gasteiger partial charge < -0.3 is 14.9 Å². The van der Waals surface area contributed by atoms with Crippen LogP contribution in [-0.4, -0.2) is 33.3 Å². The maximum atomic E-state index is 12.4. The lowest BCUT2D eigenvalue weighted by molar-refractivity contribution is 0.0314. The molecule has 0 aliphatic carbocycles. The van der Waals surface area contributed by atoms with Crippen LogP contribution < -0.4 is 5.32 Å². The molecule has 0 saturated heterocycles. The van der Waals surface area contributed by atoms with E-state index in [-0.39, 0.29) is 12.5 Å². The molecule has 2 heterocycles. The highest BCUT2D eigenvalue weighted by molar-refractivity contribution is 6.06. The number of hydrogen-bond donors (Lipinski definition) is 2. The van der Waals surface area contributed by atoms with Gasteiger partial charge in [0.25, 0.3) is 11.6 Å². The van der Waals surface area contributed by atoms with Crippen molar-refractivity contribution in [2.24, 2.45) is 0 Å². The SMILES string of the molecule is CCC(O)(CC)CNC(=O)c1cc(C)nc2onc(C)c12. The summed E-state index contributed by atoms with van der Waals surface area (Å²) >= 11 is 0. The molecule has 6 heteroatoms. The van der Waals surface area contributed by atoms with Crippen molar-refractivity contribution >= 4 is 17.0 Å². The second-order valence-corrected chi connectivity index (χ2v) is 5.37. The first kappa shape index (κ1) is 15.4. The van der Waals surface area contributed by atoms with Gasteiger partial charge in [-0.15, -0.1) is 0 Å². The van der Waals surface area contributed by atoms with E-state index in [1.54, 1.807) is 19.9 Å². The molecule has 0 aliphatic heterocycles. The van der Waals surface area contributed by atoms with Crippen LogP contribution >= 0.6 is 0 Å². The minimum atomic E-state index is -0.874. The number of fused-ring (bicyclic) bond motifs is 1. The first-order chi connectivity index (χ1) is 9.90. The van der Waals surface area contributed by atoms with Crippen LogP contribution in [0.5, 0.6) is 0 Å². The van der Waals surface area contributed by atoms with E-state index in [9.17, 15) is 9.90 Å². The van der Waals surface area contributed by atoms with Crippen LogP contribution in [0.3, 0.4) is 0 Å². The molecule has 0 radical (unpaired) electrons. The molecule has 2 aromatic heterocycles. The molecule has 0 spiro atoms. The molecule has 0 atom stereocenters. The van der Waals surface area contributed by atoms with Gasteiger partial charge in [0.1, 0.15) is 0 Å². The van der Waals surface area contributed by atoms with E-state index >= 15 is 0 Å². The normalized spacial score (nSPS) is 11.9. The Morgan fingerprint density at radius 1 is 1.38 bits per heavy atom. The highest BCUT2D eigenvalue weighted by atomic mass is 16.5. The molecule has 0 fully saturated rings. The zero-order valence-corrected chi connectivity index (χ0v) is 12.9. The first-order valence-corrected chi connectivity index (χ1v) is 7.14. The van der Waals surface area contributed by atoms with E-state index in [1.165, 1.54) is 0 Å². The number of hydrogen-bond acceptors (Lipinski definition) is 5. The fourth-order valence-corrected chi connectivity index (χ4v) is 2.24. The van der Waals surface area contributed by atoms with Crippen LogP contribution in [0, 0.1) is 13.8 Å². The average molecular weight is 291 g/mol. The van der Waals surface area contributed by atoms with Crippen molar-refractivity contribution in [1.29, 1.82) is 0 Å². The minimum Gasteiger partial charge on any atom is -0.388 e. The van der Waals surface area contributed by atoms with Gasteiger partial charge in [0, 0.05) is 12.2 Å². The molecule has 114 valence electrons. The van der Waals surface area contributed by atoms with Crippen molar-refractivity contribution in [3.8, 4) is 0 Å². The Balaban J connectivity index is 2.29. The molecular weight excluding hydrogens is 270 g/mol. The summed E-state index contributed by atoms with van der Waals surface area (Å²) in [6.07, 6.45) is 1.17. The molecule has 1 amide bonds. The first-order valence-electron chi connectivity index (χ1n) is 7.14. The monoisotopic (exact) mass is 291 g/mol. The predicted molar refractivity (Wildman–Crippen MR) is 79.1 cm³/mol. The lowest BCUT2D eigenvalue weighted by Crippen LogP contribution is -2.42. The maximum absolute atomic E-state index is 12.4. The van der Waals surface area contributed by atoms with E-state index in [4.69, 9.17) is 4.52 Å². The van der Waals surface area contributed by atoms with Crippen molar-refractivity contribution in [2.75, 3.05) is 6.54 Å². The Kier molecular flexibility index (Phi) is 4.27. The highest BCUT2D eigenvalue weighted by Gasteiger charge is 2.24. The van der Waals surface area contributed by atoms with Crippen molar-refractivity contribution < 1.29 is 14.4 Å². The van der Waals surface area contributed by atoms with Crippen LogP contribution in [0.1, 0.15) is 48.4 Å². The summed E-state index contributed by atoms with van der Waals surface area (Å²) in [5.74, 6) is -0.253. The third-order valence-electron chi connectivity index (χ3n) is 3.88. The lowest BCUT2D eigenvalue weighted by Gasteiger charge is -2.25. The Morgan fingerprint density at radius 3 is 2.67 bits per heavy atom. The van der Waals surface area contributed by atoms with Crippen molar-refractivity contribution in [3.63, 3.8) is 0 Å². The average Bonchev–Trinajstić information content (AvgIpc) is 2.84. The molecule has 0 aliphatic rings. The molecular formula is C15H21N3O3. The third-order valence-corrected chi connectivity index (χ3v) is 3.88. The van der Waals surface area contributed by atoms with E-state index in [2.05, 4.69) is 15.5 Å². The van der Waals surface area contributed by atoms with E-state index in [0.717, 1.165) is 0 Å². The van der Waals surface area contributed by atoms with Crippen LogP contribution in [0.25, 0.3) is 11.1 Å².